The zero-order chi connectivity index (χ0) is 26.2. The lowest BCUT2D eigenvalue weighted by Gasteiger charge is -2.60. The highest BCUT2D eigenvalue weighted by Crippen LogP contribution is 2.70. The van der Waals surface area contributed by atoms with E-state index >= 15 is 0 Å². The van der Waals surface area contributed by atoms with Gasteiger partial charge in [-0.15, -0.1) is 0 Å². The molecule has 0 amide bonds. The predicted octanol–water partition coefficient (Wildman–Crippen LogP) is 4.25. The molecular weight excluding hydrogens is 470 g/mol. The first-order valence-electron chi connectivity index (χ1n) is 14.2. The highest BCUT2D eigenvalue weighted by Gasteiger charge is 2.77. The molecule has 0 bridgehead atoms. The maximum atomic E-state index is 13.8. The van der Waals surface area contributed by atoms with E-state index in [4.69, 9.17) is 19.5 Å². The van der Waals surface area contributed by atoms with E-state index in [0.717, 1.165) is 37.7 Å². The van der Waals surface area contributed by atoms with Crippen LogP contribution >= 0.6 is 0 Å². The number of rotatable bonds is 3. The summed E-state index contributed by atoms with van der Waals surface area (Å²) in [5.74, 6) is 0.0837. The number of fused-ring (bicyclic) bond motifs is 7. The number of ether oxygens (including phenoxy) is 3. The molecule has 200 valence electrons. The van der Waals surface area contributed by atoms with Gasteiger partial charge in [0.15, 0.2) is 24.3 Å². The van der Waals surface area contributed by atoms with E-state index in [-0.39, 0.29) is 42.0 Å². The second kappa shape index (κ2) is 8.76. The van der Waals surface area contributed by atoms with Crippen LogP contribution in [0.1, 0.15) is 72.1 Å². The Morgan fingerprint density at radius 2 is 2.00 bits per heavy atom. The van der Waals surface area contributed by atoms with Crippen molar-refractivity contribution in [3.63, 3.8) is 0 Å². The van der Waals surface area contributed by atoms with E-state index in [1.807, 2.05) is 12.1 Å². The van der Waals surface area contributed by atoms with Crippen molar-refractivity contribution in [2.45, 2.75) is 96.2 Å². The fourth-order valence-corrected chi connectivity index (χ4v) is 9.69. The van der Waals surface area contributed by atoms with E-state index in [1.165, 1.54) is 6.42 Å². The molecule has 0 aromatic rings. The van der Waals surface area contributed by atoms with Crippen molar-refractivity contribution in [3.05, 3.63) is 23.8 Å². The summed E-state index contributed by atoms with van der Waals surface area (Å²) in [7, 11) is 0. The van der Waals surface area contributed by atoms with Gasteiger partial charge in [-0.3, -0.25) is 4.79 Å². The largest absolute Gasteiger partial charge is 0.448 e. The standard InChI is InChI=1S/C30H39NO6/c1-17-13-20-22-15-24-30(27(34)35-12-11-31,37-26(36-24)18-7-5-4-6-8-18)29(22,3)16-23(33)25(20)28(2)10-9-19(32)14-21(17)28/h9-10,14,17-18,20,22-26,33H,4-8,12-13,15-16H2,1-3H3/t17-,20?,22?,23-,24+,25?,26+,28-,29-,30-/m0/s1. The predicted molar refractivity (Wildman–Crippen MR) is 134 cm³/mol. The van der Waals surface area contributed by atoms with Crippen LogP contribution in [0, 0.1) is 51.8 Å². The Labute approximate surface area is 219 Å². The second-order valence-electron chi connectivity index (χ2n) is 13.0. The molecule has 4 saturated carbocycles. The summed E-state index contributed by atoms with van der Waals surface area (Å²) in [6.45, 7) is 6.07. The van der Waals surface area contributed by atoms with Gasteiger partial charge < -0.3 is 19.3 Å². The Morgan fingerprint density at radius 3 is 2.73 bits per heavy atom. The van der Waals surface area contributed by atoms with Gasteiger partial charge in [0.2, 0.25) is 0 Å². The van der Waals surface area contributed by atoms with Crippen molar-refractivity contribution in [1.29, 1.82) is 5.26 Å². The minimum Gasteiger partial charge on any atom is -0.448 e. The number of ketones is 1. The first-order chi connectivity index (χ1) is 17.7. The molecule has 5 aliphatic carbocycles. The molecular formula is C30H39NO6. The first kappa shape index (κ1) is 25.3. The minimum absolute atomic E-state index is 0.0121. The van der Waals surface area contributed by atoms with Gasteiger partial charge in [0.25, 0.3) is 0 Å². The molecule has 10 atom stereocenters. The van der Waals surface area contributed by atoms with Crippen molar-refractivity contribution in [2.75, 3.05) is 6.61 Å². The molecule has 1 heterocycles. The molecule has 1 aliphatic heterocycles. The topological polar surface area (TPSA) is 106 Å². The van der Waals surface area contributed by atoms with Crippen LogP contribution in [0.15, 0.2) is 23.8 Å². The smallest absolute Gasteiger partial charge is 0.342 e. The number of carbonyl (C=O) groups is 2. The summed E-state index contributed by atoms with van der Waals surface area (Å²) in [5, 5.41) is 21.0. The van der Waals surface area contributed by atoms with E-state index in [0.29, 0.717) is 12.8 Å². The quantitative estimate of drug-likeness (QED) is 0.567. The summed E-state index contributed by atoms with van der Waals surface area (Å²) in [4.78, 5) is 26.1. The fourth-order valence-electron chi connectivity index (χ4n) is 9.69. The van der Waals surface area contributed by atoms with E-state index < -0.39 is 40.9 Å². The van der Waals surface area contributed by atoms with E-state index in [2.05, 4.69) is 20.8 Å². The van der Waals surface area contributed by atoms with Crippen LogP contribution < -0.4 is 0 Å². The van der Waals surface area contributed by atoms with Crippen LogP contribution in [0.25, 0.3) is 0 Å². The molecule has 0 aromatic carbocycles. The SMILES string of the molecule is C[C@H]1CC2C([C@@H](O)C[C@@]3(C)C2C[C@H]2O[C@@H](C4CCCCC4)O[C@]23C(=O)OCC#N)[C@@]2(C)C=CC(=O)C=C12. The summed E-state index contributed by atoms with van der Waals surface area (Å²) in [5.41, 5.74) is -1.33. The number of hydrogen-bond donors (Lipinski definition) is 1. The molecule has 37 heavy (non-hydrogen) atoms. The van der Waals surface area contributed by atoms with Gasteiger partial charge in [-0.2, -0.15) is 5.26 Å². The normalized spacial score (nSPS) is 48.8. The van der Waals surface area contributed by atoms with Crippen LogP contribution in [0.3, 0.4) is 0 Å². The zero-order valence-electron chi connectivity index (χ0n) is 22.2. The lowest BCUT2D eigenvalue weighted by Crippen LogP contribution is -2.64. The van der Waals surface area contributed by atoms with Crippen LogP contribution in [0.5, 0.6) is 0 Å². The molecule has 0 radical (unpaired) electrons. The number of aliphatic hydroxyl groups is 1. The van der Waals surface area contributed by atoms with Crippen molar-refractivity contribution in [1.82, 2.24) is 0 Å². The average Bonchev–Trinajstić information content (AvgIpc) is 3.37. The number of allylic oxidation sites excluding steroid dienone is 4. The molecule has 3 unspecified atom stereocenters. The highest BCUT2D eigenvalue weighted by molar-refractivity contribution is 6.01. The molecule has 0 spiro atoms. The van der Waals surface area contributed by atoms with Gasteiger partial charge in [-0.05, 0) is 62.0 Å². The lowest BCUT2D eigenvalue weighted by atomic mass is 9.45. The molecule has 0 aromatic heterocycles. The third kappa shape index (κ3) is 3.41. The Balaban J connectivity index is 1.39. The van der Waals surface area contributed by atoms with Gasteiger partial charge in [0.05, 0.1) is 6.10 Å². The monoisotopic (exact) mass is 509 g/mol. The van der Waals surface area contributed by atoms with Gasteiger partial charge >= 0.3 is 5.97 Å². The van der Waals surface area contributed by atoms with Crippen molar-refractivity contribution in [3.8, 4) is 6.07 Å². The van der Waals surface area contributed by atoms with Crippen LogP contribution in [-0.2, 0) is 23.8 Å². The number of aliphatic hydroxyl groups excluding tert-OH is 1. The molecule has 7 heteroatoms. The molecule has 6 rings (SSSR count). The molecule has 1 N–H and O–H groups in total. The molecule has 5 fully saturated rings. The number of nitrogens with zero attached hydrogens (tertiary/aromatic N) is 1. The third-order valence-electron chi connectivity index (χ3n) is 11.2. The maximum absolute atomic E-state index is 13.8. The van der Waals surface area contributed by atoms with Gasteiger partial charge in [0.1, 0.15) is 12.2 Å². The minimum atomic E-state index is -1.33. The van der Waals surface area contributed by atoms with Crippen molar-refractivity contribution >= 4 is 11.8 Å². The van der Waals surface area contributed by atoms with Crippen LogP contribution in [-0.4, -0.2) is 47.6 Å². The van der Waals surface area contributed by atoms with Crippen LogP contribution in [0.4, 0.5) is 0 Å². The van der Waals surface area contributed by atoms with Gasteiger partial charge in [-0.25, -0.2) is 4.79 Å². The first-order valence-corrected chi connectivity index (χ1v) is 14.2. The van der Waals surface area contributed by atoms with Crippen molar-refractivity contribution in [2.24, 2.45) is 40.4 Å². The third-order valence-corrected chi connectivity index (χ3v) is 11.2. The summed E-state index contributed by atoms with van der Waals surface area (Å²) in [6, 6.07) is 1.93. The summed E-state index contributed by atoms with van der Waals surface area (Å²) in [6.07, 6.45) is 11.2. The maximum Gasteiger partial charge on any atom is 0.342 e. The number of esters is 1. The van der Waals surface area contributed by atoms with Crippen molar-refractivity contribution < 1.29 is 28.9 Å². The average molecular weight is 510 g/mol. The van der Waals surface area contributed by atoms with Crippen LogP contribution in [0.2, 0.25) is 0 Å². The van der Waals surface area contributed by atoms with E-state index in [1.54, 1.807) is 12.2 Å². The Morgan fingerprint density at radius 1 is 1.24 bits per heavy atom. The summed E-state index contributed by atoms with van der Waals surface area (Å²) >= 11 is 0. The summed E-state index contributed by atoms with van der Waals surface area (Å²) < 4.78 is 18.9. The van der Waals surface area contributed by atoms with Gasteiger partial charge in [0, 0.05) is 22.7 Å². The number of hydrogen-bond acceptors (Lipinski definition) is 7. The van der Waals surface area contributed by atoms with Gasteiger partial charge in [-0.1, -0.05) is 51.7 Å². The second-order valence-corrected chi connectivity index (χ2v) is 13.0. The Bertz CT molecular complexity index is 1090. The number of carbonyl (C=O) groups excluding carboxylic acids is 2. The lowest BCUT2D eigenvalue weighted by molar-refractivity contribution is -0.222. The highest BCUT2D eigenvalue weighted by atomic mass is 16.8. The Kier molecular flexibility index (Phi) is 5.98. The molecule has 1 saturated heterocycles. The molecule has 6 aliphatic rings. The zero-order valence-corrected chi connectivity index (χ0v) is 22.2. The fraction of sp³-hybridized carbons (Fsp3) is 0.767. The number of nitriles is 1. The molecule has 7 nitrogen and oxygen atoms in total. The van der Waals surface area contributed by atoms with E-state index in [9.17, 15) is 14.7 Å². The Hall–Kier alpha value is -2.01.